The molecule has 29 heavy (non-hydrogen) atoms. The van der Waals surface area contributed by atoms with Crippen LogP contribution in [0, 0.1) is 0 Å². The van der Waals surface area contributed by atoms with E-state index in [0.717, 1.165) is 35.2 Å². The molecule has 1 amide bonds. The van der Waals surface area contributed by atoms with Gasteiger partial charge >= 0.3 is 0 Å². The first-order valence-corrected chi connectivity index (χ1v) is 12.4. The van der Waals surface area contributed by atoms with Crippen molar-refractivity contribution in [3.63, 3.8) is 0 Å². The Bertz CT molecular complexity index is 717. The number of nitrogens with one attached hydrogen (secondary N) is 1. The number of unbranched alkanes of at least 4 members (excludes halogenated alkanes) is 8. The summed E-state index contributed by atoms with van der Waals surface area (Å²) in [7, 11) is 0. The zero-order valence-electron chi connectivity index (χ0n) is 18.2. The van der Waals surface area contributed by atoms with Gasteiger partial charge in [0, 0.05) is 5.39 Å². The molecule has 1 atom stereocenters. The van der Waals surface area contributed by atoms with Crippen LogP contribution in [0.4, 0.5) is 5.69 Å². The molecule has 0 saturated carbocycles. The van der Waals surface area contributed by atoms with Crippen molar-refractivity contribution in [1.29, 1.82) is 0 Å². The van der Waals surface area contributed by atoms with Crippen LogP contribution in [-0.4, -0.2) is 27.1 Å². The number of carbonyl (C=O) groups is 1. The third kappa shape index (κ3) is 8.73. The van der Waals surface area contributed by atoms with Crippen LogP contribution in [0.3, 0.4) is 0 Å². The van der Waals surface area contributed by atoms with E-state index < -0.39 is 0 Å². The molecule has 0 saturated heterocycles. The first-order chi connectivity index (χ1) is 14.3. The maximum atomic E-state index is 13.1. The molecule has 1 heterocycles. The SMILES string of the molecule is CCCCCCCCC(SCCCCCC)C(=O)Nc1cccc2nnccc12. The van der Waals surface area contributed by atoms with Crippen LogP contribution in [0.1, 0.15) is 84.5 Å². The van der Waals surface area contributed by atoms with Gasteiger partial charge in [-0.3, -0.25) is 4.79 Å². The first kappa shape index (κ1) is 23.7. The lowest BCUT2D eigenvalue weighted by molar-refractivity contribution is -0.115. The van der Waals surface area contributed by atoms with Crippen LogP contribution >= 0.6 is 11.8 Å². The number of rotatable bonds is 15. The molecule has 5 heteroatoms. The first-order valence-electron chi connectivity index (χ1n) is 11.4. The maximum absolute atomic E-state index is 13.1. The molecule has 0 spiro atoms. The molecule has 1 aromatic heterocycles. The van der Waals surface area contributed by atoms with Gasteiger partial charge in [0.2, 0.25) is 5.91 Å². The molecule has 2 aromatic rings. The van der Waals surface area contributed by atoms with Gasteiger partial charge in [-0.2, -0.15) is 10.2 Å². The van der Waals surface area contributed by atoms with Gasteiger partial charge in [0.05, 0.1) is 22.7 Å². The summed E-state index contributed by atoms with van der Waals surface area (Å²) in [4.78, 5) is 13.1. The normalized spacial score (nSPS) is 12.2. The minimum Gasteiger partial charge on any atom is -0.324 e. The van der Waals surface area contributed by atoms with Gasteiger partial charge < -0.3 is 5.32 Å². The molecule has 0 radical (unpaired) electrons. The van der Waals surface area contributed by atoms with E-state index in [1.54, 1.807) is 6.20 Å². The number of anilines is 1. The standard InChI is InChI=1S/C24H37N3OS/c1-3-5-7-9-10-11-16-23(29-19-12-8-6-4-2)24(28)26-21-14-13-15-22-20(21)17-18-25-27-22/h13-15,17-18,23H,3-12,16,19H2,1-2H3,(H,26,28). The number of hydrogen-bond donors (Lipinski definition) is 1. The number of carbonyl (C=O) groups excluding carboxylic acids is 1. The minimum atomic E-state index is 0.0212. The molecule has 2 rings (SSSR count). The van der Waals surface area contributed by atoms with E-state index in [4.69, 9.17) is 0 Å². The van der Waals surface area contributed by atoms with Crippen LogP contribution in [0.5, 0.6) is 0 Å². The second-order valence-electron chi connectivity index (χ2n) is 7.74. The van der Waals surface area contributed by atoms with Gasteiger partial charge in [-0.25, -0.2) is 0 Å². The molecule has 1 aromatic carbocycles. The molecular formula is C24H37N3OS. The number of thioether (sulfide) groups is 1. The summed E-state index contributed by atoms with van der Waals surface area (Å²) in [6.45, 7) is 4.48. The molecule has 1 unspecified atom stereocenters. The van der Waals surface area contributed by atoms with E-state index in [1.165, 1.54) is 57.8 Å². The van der Waals surface area contributed by atoms with Crippen molar-refractivity contribution in [2.24, 2.45) is 0 Å². The fourth-order valence-electron chi connectivity index (χ4n) is 3.50. The summed E-state index contributed by atoms with van der Waals surface area (Å²) in [6, 6.07) is 7.72. The average molecular weight is 416 g/mol. The third-order valence-electron chi connectivity index (χ3n) is 5.24. The van der Waals surface area contributed by atoms with E-state index in [0.29, 0.717) is 0 Å². The Hall–Kier alpha value is -1.62. The fourth-order valence-corrected chi connectivity index (χ4v) is 4.69. The fraction of sp³-hybridized carbons (Fsp3) is 0.625. The monoisotopic (exact) mass is 415 g/mol. The molecule has 0 aliphatic heterocycles. The highest BCUT2D eigenvalue weighted by molar-refractivity contribution is 8.00. The van der Waals surface area contributed by atoms with Crippen molar-refractivity contribution in [3.05, 3.63) is 30.5 Å². The Kier molecular flexibility index (Phi) is 11.7. The lowest BCUT2D eigenvalue weighted by atomic mass is 10.1. The van der Waals surface area contributed by atoms with E-state index in [2.05, 4.69) is 29.4 Å². The summed E-state index contributed by atoms with van der Waals surface area (Å²) < 4.78 is 0. The van der Waals surface area contributed by atoms with Crippen LogP contribution in [0.25, 0.3) is 10.9 Å². The zero-order chi connectivity index (χ0) is 20.7. The summed E-state index contributed by atoms with van der Waals surface area (Å²) in [5.41, 5.74) is 1.65. The highest BCUT2D eigenvalue weighted by Gasteiger charge is 2.19. The van der Waals surface area contributed by atoms with Gasteiger partial charge in [0.15, 0.2) is 0 Å². The zero-order valence-corrected chi connectivity index (χ0v) is 19.0. The highest BCUT2D eigenvalue weighted by Crippen LogP contribution is 2.25. The van der Waals surface area contributed by atoms with E-state index in [9.17, 15) is 4.79 Å². The lowest BCUT2D eigenvalue weighted by Crippen LogP contribution is -2.26. The third-order valence-corrected chi connectivity index (χ3v) is 6.62. The van der Waals surface area contributed by atoms with Gasteiger partial charge in [-0.1, -0.05) is 77.7 Å². The van der Waals surface area contributed by atoms with E-state index in [-0.39, 0.29) is 11.2 Å². The molecule has 0 aliphatic carbocycles. The average Bonchev–Trinajstić information content (AvgIpc) is 2.74. The Morgan fingerprint density at radius 1 is 0.966 bits per heavy atom. The number of benzene rings is 1. The largest absolute Gasteiger partial charge is 0.324 e. The highest BCUT2D eigenvalue weighted by atomic mass is 32.2. The van der Waals surface area contributed by atoms with Crippen LogP contribution in [0.2, 0.25) is 0 Å². The Morgan fingerprint density at radius 2 is 1.69 bits per heavy atom. The van der Waals surface area contributed by atoms with Crippen molar-refractivity contribution in [2.45, 2.75) is 89.7 Å². The molecule has 1 N–H and O–H groups in total. The smallest absolute Gasteiger partial charge is 0.237 e. The van der Waals surface area contributed by atoms with Crippen molar-refractivity contribution in [1.82, 2.24) is 10.2 Å². The number of hydrogen-bond acceptors (Lipinski definition) is 4. The van der Waals surface area contributed by atoms with Crippen LogP contribution in [-0.2, 0) is 4.79 Å². The van der Waals surface area contributed by atoms with Gasteiger partial charge in [-0.05, 0) is 36.8 Å². The second-order valence-corrected chi connectivity index (χ2v) is 9.05. The van der Waals surface area contributed by atoms with Crippen LogP contribution < -0.4 is 5.32 Å². The van der Waals surface area contributed by atoms with Gasteiger partial charge in [-0.15, -0.1) is 11.8 Å². The van der Waals surface area contributed by atoms with Crippen molar-refractivity contribution < 1.29 is 4.79 Å². The molecule has 4 nitrogen and oxygen atoms in total. The topological polar surface area (TPSA) is 54.9 Å². The van der Waals surface area contributed by atoms with E-state index in [1.807, 2.05) is 36.0 Å². The predicted octanol–water partition coefficient (Wildman–Crippen LogP) is 7.00. The lowest BCUT2D eigenvalue weighted by Gasteiger charge is -2.17. The summed E-state index contributed by atoms with van der Waals surface area (Å²) in [5.74, 6) is 1.19. The van der Waals surface area contributed by atoms with E-state index >= 15 is 0 Å². The summed E-state index contributed by atoms with van der Waals surface area (Å²) in [6.07, 6.45) is 15.2. The molecule has 160 valence electrons. The number of amides is 1. The quantitative estimate of drug-likeness (QED) is 0.318. The van der Waals surface area contributed by atoms with Crippen molar-refractivity contribution >= 4 is 34.3 Å². The molecular weight excluding hydrogens is 378 g/mol. The minimum absolute atomic E-state index is 0.0212. The van der Waals surface area contributed by atoms with Gasteiger partial charge in [0.25, 0.3) is 0 Å². The number of aromatic nitrogens is 2. The maximum Gasteiger partial charge on any atom is 0.237 e. The predicted molar refractivity (Wildman–Crippen MR) is 127 cm³/mol. The van der Waals surface area contributed by atoms with Crippen molar-refractivity contribution in [3.8, 4) is 0 Å². The Labute approximate surface area is 180 Å². The van der Waals surface area contributed by atoms with Gasteiger partial charge in [0.1, 0.15) is 0 Å². The molecule has 0 bridgehead atoms. The molecule has 0 aliphatic rings. The Morgan fingerprint density at radius 3 is 2.48 bits per heavy atom. The Balaban J connectivity index is 1.92. The number of nitrogens with zero attached hydrogens (tertiary/aromatic N) is 2. The summed E-state index contributed by atoms with van der Waals surface area (Å²) >= 11 is 1.83. The number of fused-ring (bicyclic) bond motifs is 1. The molecule has 0 fully saturated rings. The van der Waals surface area contributed by atoms with Crippen molar-refractivity contribution in [2.75, 3.05) is 11.1 Å². The summed E-state index contributed by atoms with van der Waals surface area (Å²) in [5, 5.41) is 12.2. The second kappa shape index (κ2) is 14.4. The van der Waals surface area contributed by atoms with Crippen LogP contribution in [0.15, 0.2) is 30.5 Å².